The van der Waals surface area contributed by atoms with E-state index in [-0.39, 0.29) is 11.7 Å². The average molecular weight is 355 g/mol. The molecule has 0 aliphatic rings. The summed E-state index contributed by atoms with van der Waals surface area (Å²) in [7, 11) is 1.64. The van der Waals surface area contributed by atoms with Gasteiger partial charge in [-0.25, -0.2) is 4.39 Å². The van der Waals surface area contributed by atoms with Gasteiger partial charge in [0.1, 0.15) is 5.82 Å². The van der Waals surface area contributed by atoms with Crippen molar-refractivity contribution in [1.29, 1.82) is 0 Å². The maximum Gasteiger partial charge on any atom is 0.316 e. The highest BCUT2D eigenvalue weighted by Crippen LogP contribution is 2.14. The van der Waals surface area contributed by atoms with Crippen LogP contribution in [0.2, 0.25) is 0 Å². The van der Waals surface area contributed by atoms with Gasteiger partial charge >= 0.3 is 11.1 Å². The van der Waals surface area contributed by atoms with Crippen LogP contribution in [0.5, 0.6) is 0 Å². The Morgan fingerprint density at radius 2 is 1.85 bits per heavy atom. The van der Waals surface area contributed by atoms with Gasteiger partial charge in [-0.2, -0.15) is 0 Å². The molecule has 3 rings (SSSR count). The number of rotatable bonds is 4. The molecule has 6 nitrogen and oxygen atoms in total. The summed E-state index contributed by atoms with van der Waals surface area (Å²) in [5.41, 5.74) is 0.846. The third-order valence-electron chi connectivity index (χ3n) is 4.22. The molecule has 134 valence electrons. The first-order valence-corrected chi connectivity index (χ1v) is 8.17. The quantitative estimate of drug-likeness (QED) is 0.729. The number of nitrogens with zero attached hydrogens (tertiary/aromatic N) is 2. The third kappa shape index (κ3) is 3.28. The molecule has 7 heteroatoms. The lowest BCUT2D eigenvalue weighted by molar-refractivity contribution is 0.0785. The number of carbonyl (C=O) groups is 1. The Bertz CT molecular complexity index is 1080. The highest BCUT2D eigenvalue weighted by Gasteiger charge is 2.14. The number of H-pyrrole nitrogens is 1. The molecule has 3 aromatic rings. The number of hydrogen-bond donors (Lipinski definition) is 1. The molecule has 0 unspecified atom stereocenters. The summed E-state index contributed by atoms with van der Waals surface area (Å²) in [6.07, 6.45) is 0. The Labute approximate surface area is 148 Å². The van der Waals surface area contributed by atoms with Crippen LogP contribution in [0.1, 0.15) is 22.8 Å². The van der Waals surface area contributed by atoms with Crippen molar-refractivity contribution in [3.8, 4) is 0 Å². The number of nitrogens with one attached hydrogen (secondary N) is 1. The molecule has 1 N–H and O–H groups in total. The van der Waals surface area contributed by atoms with Crippen LogP contribution in [0.4, 0.5) is 4.39 Å². The zero-order valence-corrected chi connectivity index (χ0v) is 14.5. The highest BCUT2D eigenvalue weighted by atomic mass is 19.1. The largest absolute Gasteiger partial charge is 0.337 e. The van der Waals surface area contributed by atoms with E-state index in [0.29, 0.717) is 29.7 Å². The molecule has 0 aliphatic carbocycles. The zero-order chi connectivity index (χ0) is 18.8. The molecule has 0 atom stereocenters. The first-order chi connectivity index (χ1) is 12.4. The van der Waals surface area contributed by atoms with Crippen molar-refractivity contribution < 1.29 is 9.18 Å². The number of amides is 1. The summed E-state index contributed by atoms with van der Waals surface area (Å²) < 4.78 is 14.4. The minimum atomic E-state index is -0.719. The Morgan fingerprint density at radius 3 is 2.50 bits per heavy atom. The van der Waals surface area contributed by atoms with Crippen molar-refractivity contribution in [2.24, 2.45) is 0 Å². The molecule has 2 aromatic carbocycles. The third-order valence-corrected chi connectivity index (χ3v) is 4.22. The van der Waals surface area contributed by atoms with Gasteiger partial charge in [-0.15, -0.1) is 0 Å². The van der Waals surface area contributed by atoms with Crippen LogP contribution in [0.25, 0.3) is 11.0 Å². The molecule has 0 saturated heterocycles. The first-order valence-electron chi connectivity index (χ1n) is 8.17. The number of fused-ring (bicyclic) bond motifs is 1. The van der Waals surface area contributed by atoms with Crippen molar-refractivity contribution >= 4 is 16.9 Å². The van der Waals surface area contributed by atoms with E-state index in [1.165, 1.54) is 21.6 Å². The van der Waals surface area contributed by atoms with Gasteiger partial charge in [0, 0.05) is 25.7 Å². The molecule has 0 saturated carbocycles. The van der Waals surface area contributed by atoms with Gasteiger partial charge in [0.25, 0.3) is 5.91 Å². The molecular formula is C19H18FN3O3. The van der Waals surface area contributed by atoms with E-state index < -0.39 is 11.1 Å². The molecule has 0 fully saturated rings. The van der Waals surface area contributed by atoms with Crippen molar-refractivity contribution in [1.82, 2.24) is 14.5 Å². The fourth-order valence-electron chi connectivity index (χ4n) is 2.88. The van der Waals surface area contributed by atoms with E-state index in [9.17, 15) is 18.8 Å². The van der Waals surface area contributed by atoms with Crippen molar-refractivity contribution in [3.63, 3.8) is 0 Å². The van der Waals surface area contributed by atoms with E-state index >= 15 is 0 Å². The normalized spacial score (nSPS) is 10.9. The summed E-state index contributed by atoms with van der Waals surface area (Å²) in [4.78, 5) is 40.3. The molecule has 26 heavy (non-hydrogen) atoms. The number of aryl methyl sites for hydroxylation is 1. The van der Waals surface area contributed by atoms with E-state index in [4.69, 9.17) is 0 Å². The van der Waals surface area contributed by atoms with Crippen LogP contribution in [0.15, 0.2) is 52.1 Å². The van der Waals surface area contributed by atoms with Gasteiger partial charge in [0.05, 0.1) is 11.0 Å². The number of benzene rings is 2. The monoisotopic (exact) mass is 355 g/mol. The number of hydrogen-bond acceptors (Lipinski definition) is 3. The van der Waals surface area contributed by atoms with Crippen molar-refractivity contribution in [3.05, 3.63) is 80.1 Å². The van der Waals surface area contributed by atoms with Crippen LogP contribution in [0, 0.1) is 5.82 Å². The summed E-state index contributed by atoms with van der Waals surface area (Å²) in [6, 6.07) is 10.8. The van der Waals surface area contributed by atoms with Crippen LogP contribution in [-0.2, 0) is 13.1 Å². The lowest BCUT2D eigenvalue weighted by Crippen LogP contribution is -2.36. The Morgan fingerprint density at radius 1 is 1.15 bits per heavy atom. The molecular weight excluding hydrogens is 337 g/mol. The van der Waals surface area contributed by atoms with Gasteiger partial charge in [0.15, 0.2) is 0 Å². The molecule has 0 aliphatic heterocycles. The Hall–Kier alpha value is -3.22. The van der Waals surface area contributed by atoms with E-state index in [2.05, 4.69) is 4.98 Å². The number of halogens is 1. The SMILES string of the molecule is CCn1c(=O)c(=O)[nH]c2cc(C(=O)N(C)Cc3ccc(F)cc3)ccc21. The number of aromatic nitrogens is 2. The van der Waals surface area contributed by atoms with E-state index in [1.54, 1.807) is 44.3 Å². The standard InChI is InChI=1S/C19H18FN3O3/c1-3-23-16-9-6-13(10-15(16)21-17(24)19(23)26)18(25)22(2)11-12-4-7-14(20)8-5-12/h4-10H,3,11H2,1-2H3,(H,21,24). The lowest BCUT2D eigenvalue weighted by Gasteiger charge is -2.18. The maximum atomic E-state index is 13.0. The molecule has 0 radical (unpaired) electrons. The van der Waals surface area contributed by atoms with Crippen LogP contribution >= 0.6 is 0 Å². The second-order valence-corrected chi connectivity index (χ2v) is 6.02. The van der Waals surface area contributed by atoms with Gasteiger partial charge in [-0.1, -0.05) is 12.1 Å². The van der Waals surface area contributed by atoms with Gasteiger partial charge in [-0.3, -0.25) is 14.4 Å². The smallest absolute Gasteiger partial charge is 0.316 e. The van der Waals surface area contributed by atoms with Gasteiger partial charge in [0.2, 0.25) is 0 Å². The van der Waals surface area contributed by atoms with Gasteiger partial charge < -0.3 is 14.5 Å². The number of carbonyl (C=O) groups excluding carboxylic acids is 1. The maximum absolute atomic E-state index is 13.0. The minimum absolute atomic E-state index is 0.244. The predicted molar refractivity (Wildman–Crippen MR) is 96.7 cm³/mol. The van der Waals surface area contributed by atoms with Crippen molar-refractivity contribution in [2.75, 3.05) is 7.05 Å². The second-order valence-electron chi connectivity index (χ2n) is 6.02. The zero-order valence-electron chi connectivity index (χ0n) is 14.5. The topological polar surface area (TPSA) is 75.2 Å². The minimum Gasteiger partial charge on any atom is -0.337 e. The average Bonchev–Trinajstić information content (AvgIpc) is 2.63. The molecule has 1 aromatic heterocycles. The molecule has 0 spiro atoms. The van der Waals surface area contributed by atoms with Crippen molar-refractivity contribution in [2.45, 2.75) is 20.0 Å². The fraction of sp³-hybridized carbons (Fsp3) is 0.211. The molecule has 1 amide bonds. The van der Waals surface area contributed by atoms with Crippen LogP contribution in [0.3, 0.4) is 0 Å². The Kier molecular flexibility index (Phi) is 4.71. The van der Waals surface area contributed by atoms with Crippen LogP contribution in [-0.4, -0.2) is 27.4 Å². The van der Waals surface area contributed by atoms with E-state index in [0.717, 1.165) is 5.56 Å². The highest BCUT2D eigenvalue weighted by molar-refractivity contribution is 5.97. The molecule has 0 bridgehead atoms. The second kappa shape index (κ2) is 6.95. The summed E-state index contributed by atoms with van der Waals surface area (Å²) in [6.45, 7) is 2.45. The van der Waals surface area contributed by atoms with Crippen LogP contribution < -0.4 is 11.1 Å². The summed E-state index contributed by atoms with van der Waals surface area (Å²) in [5.74, 6) is -0.575. The molecule has 1 heterocycles. The summed E-state index contributed by atoms with van der Waals surface area (Å²) in [5, 5.41) is 0. The van der Waals surface area contributed by atoms with Gasteiger partial charge in [-0.05, 0) is 42.8 Å². The number of aromatic amines is 1. The lowest BCUT2D eigenvalue weighted by atomic mass is 10.1. The van der Waals surface area contributed by atoms with E-state index in [1.807, 2.05) is 0 Å². The predicted octanol–water partition coefficient (Wildman–Crippen LogP) is 2.12. The Balaban J connectivity index is 1.93. The fourth-order valence-corrected chi connectivity index (χ4v) is 2.88. The first kappa shape index (κ1) is 17.6. The summed E-state index contributed by atoms with van der Waals surface area (Å²) >= 11 is 0.